The molecular formula is C23H26ClN3O3. The van der Waals surface area contributed by atoms with Crippen LogP contribution in [0.2, 0.25) is 5.02 Å². The summed E-state index contributed by atoms with van der Waals surface area (Å²) in [6.45, 7) is 4.77. The molecule has 158 valence electrons. The van der Waals surface area contributed by atoms with Crippen LogP contribution in [0.5, 0.6) is 0 Å². The lowest BCUT2D eigenvalue weighted by atomic mass is 9.86. The fourth-order valence-electron chi connectivity index (χ4n) is 3.67. The summed E-state index contributed by atoms with van der Waals surface area (Å²) in [7, 11) is 0. The van der Waals surface area contributed by atoms with E-state index in [2.05, 4.69) is 29.8 Å². The molecule has 0 aromatic heterocycles. The molecule has 0 fully saturated rings. The van der Waals surface area contributed by atoms with Crippen molar-refractivity contribution in [3.8, 4) is 0 Å². The van der Waals surface area contributed by atoms with Gasteiger partial charge in [0.1, 0.15) is 6.04 Å². The third kappa shape index (κ3) is 5.39. The van der Waals surface area contributed by atoms with Crippen molar-refractivity contribution >= 4 is 35.0 Å². The van der Waals surface area contributed by atoms with Crippen LogP contribution < -0.4 is 16.0 Å². The van der Waals surface area contributed by atoms with E-state index in [1.54, 1.807) is 24.3 Å². The molecule has 0 radical (unpaired) electrons. The molecule has 1 heterocycles. The molecule has 1 aliphatic heterocycles. The van der Waals surface area contributed by atoms with Crippen LogP contribution in [-0.4, -0.2) is 30.3 Å². The van der Waals surface area contributed by atoms with Crippen molar-refractivity contribution in [3.63, 3.8) is 0 Å². The van der Waals surface area contributed by atoms with Crippen molar-refractivity contribution in [2.45, 2.75) is 38.6 Å². The van der Waals surface area contributed by atoms with E-state index in [1.165, 1.54) is 5.56 Å². The Morgan fingerprint density at radius 3 is 2.50 bits per heavy atom. The zero-order chi connectivity index (χ0) is 21.7. The molecule has 3 N–H and O–H groups in total. The fourth-order valence-corrected chi connectivity index (χ4v) is 3.80. The van der Waals surface area contributed by atoms with E-state index in [0.29, 0.717) is 28.7 Å². The molecule has 0 saturated heterocycles. The highest BCUT2D eigenvalue weighted by Crippen LogP contribution is 2.28. The van der Waals surface area contributed by atoms with E-state index in [-0.39, 0.29) is 24.2 Å². The van der Waals surface area contributed by atoms with Crippen LogP contribution in [0, 0.1) is 5.92 Å². The molecule has 0 unspecified atom stereocenters. The van der Waals surface area contributed by atoms with Crippen molar-refractivity contribution in [1.29, 1.82) is 0 Å². The van der Waals surface area contributed by atoms with Gasteiger partial charge in [-0.2, -0.15) is 0 Å². The quantitative estimate of drug-likeness (QED) is 0.629. The Bertz CT molecular complexity index is 928. The summed E-state index contributed by atoms with van der Waals surface area (Å²) in [4.78, 5) is 37.2. The monoisotopic (exact) mass is 427 g/mol. The fraction of sp³-hybridized carbons (Fsp3) is 0.348. The molecular weight excluding hydrogens is 402 g/mol. The molecule has 0 bridgehead atoms. The average Bonchev–Trinajstić information content (AvgIpc) is 2.82. The number of anilines is 1. The maximum atomic E-state index is 12.4. The molecule has 3 rings (SSSR count). The van der Waals surface area contributed by atoms with Crippen LogP contribution >= 0.6 is 11.6 Å². The maximum Gasteiger partial charge on any atom is 0.254 e. The van der Waals surface area contributed by atoms with Gasteiger partial charge in [-0.05, 0) is 48.1 Å². The molecule has 2 aromatic rings. The number of nitrogens with one attached hydrogen (secondary N) is 3. The third-order valence-electron chi connectivity index (χ3n) is 5.32. The summed E-state index contributed by atoms with van der Waals surface area (Å²) < 4.78 is 0. The minimum atomic E-state index is -0.915. The summed E-state index contributed by atoms with van der Waals surface area (Å²) in [5.74, 6) is -0.375. The number of benzene rings is 2. The first-order valence-electron chi connectivity index (χ1n) is 10.1. The van der Waals surface area contributed by atoms with Gasteiger partial charge in [-0.25, -0.2) is 0 Å². The lowest BCUT2D eigenvalue weighted by Gasteiger charge is -2.22. The number of hydrogen-bond acceptors (Lipinski definition) is 3. The average molecular weight is 428 g/mol. The summed E-state index contributed by atoms with van der Waals surface area (Å²) in [6.07, 6.45) is 0.651. The molecule has 30 heavy (non-hydrogen) atoms. The third-order valence-corrected chi connectivity index (χ3v) is 5.57. The van der Waals surface area contributed by atoms with Gasteiger partial charge in [0.2, 0.25) is 11.8 Å². The van der Waals surface area contributed by atoms with E-state index in [1.807, 2.05) is 24.3 Å². The van der Waals surface area contributed by atoms with Crippen molar-refractivity contribution in [3.05, 3.63) is 64.7 Å². The molecule has 0 aliphatic carbocycles. The Morgan fingerprint density at radius 2 is 1.80 bits per heavy atom. The molecule has 1 aliphatic rings. The topological polar surface area (TPSA) is 87.3 Å². The normalized spacial score (nSPS) is 16.9. The van der Waals surface area contributed by atoms with Gasteiger partial charge in [0.15, 0.2) is 0 Å². The smallest absolute Gasteiger partial charge is 0.254 e. The zero-order valence-corrected chi connectivity index (χ0v) is 17.8. The number of halogens is 1. The summed E-state index contributed by atoms with van der Waals surface area (Å²) in [5.41, 5.74) is 2.01. The summed E-state index contributed by atoms with van der Waals surface area (Å²) in [6, 6.07) is 13.6. The second kappa shape index (κ2) is 9.76. The Morgan fingerprint density at radius 1 is 1.10 bits per heavy atom. The van der Waals surface area contributed by atoms with Gasteiger partial charge in [-0.1, -0.05) is 49.7 Å². The van der Waals surface area contributed by atoms with E-state index >= 15 is 0 Å². The van der Waals surface area contributed by atoms with Gasteiger partial charge in [0.05, 0.1) is 17.7 Å². The number of amides is 3. The number of para-hydroxylation sites is 1. The minimum absolute atomic E-state index is 0.112. The molecule has 7 heteroatoms. The standard InChI is InChI=1S/C23H26ClN3O3/c1-14(2)17(15-7-9-16(24)10-8-15)11-12-25-21(28)13-20-23(30)26-19-6-4-3-5-18(19)22(29)27-20/h3-10,14,17,20H,11-13H2,1-2H3,(H,25,28)(H,26,30)(H,27,29)/t17-,20-/m0/s1. The highest BCUT2D eigenvalue weighted by Gasteiger charge is 2.29. The van der Waals surface area contributed by atoms with Crippen LogP contribution in [-0.2, 0) is 9.59 Å². The van der Waals surface area contributed by atoms with E-state index < -0.39 is 11.9 Å². The van der Waals surface area contributed by atoms with Gasteiger partial charge in [-0.15, -0.1) is 0 Å². The Hall–Kier alpha value is -2.86. The SMILES string of the molecule is CC(C)[C@H](CCNC(=O)C[C@@H]1NC(=O)c2ccccc2NC1=O)c1ccc(Cl)cc1. The molecule has 0 spiro atoms. The van der Waals surface area contributed by atoms with E-state index in [9.17, 15) is 14.4 Å². The lowest BCUT2D eigenvalue weighted by Crippen LogP contribution is -2.44. The van der Waals surface area contributed by atoms with Crippen LogP contribution in [0.15, 0.2) is 48.5 Å². The summed E-state index contributed by atoms with van der Waals surface area (Å²) >= 11 is 5.98. The summed E-state index contributed by atoms with van der Waals surface area (Å²) in [5, 5.41) is 8.92. The van der Waals surface area contributed by atoms with Crippen molar-refractivity contribution < 1.29 is 14.4 Å². The number of carbonyl (C=O) groups is 3. The van der Waals surface area contributed by atoms with Crippen LogP contribution in [0.3, 0.4) is 0 Å². The predicted octanol–water partition coefficient (Wildman–Crippen LogP) is 3.73. The van der Waals surface area contributed by atoms with Crippen LogP contribution in [0.4, 0.5) is 5.69 Å². The first kappa shape index (κ1) is 21.8. The molecule has 0 saturated carbocycles. The second-order valence-corrected chi connectivity index (χ2v) is 8.24. The zero-order valence-electron chi connectivity index (χ0n) is 17.1. The van der Waals surface area contributed by atoms with Gasteiger partial charge in [-0.3, -0.25) is 14.4 Å². The van der Waals surface area contributed by atoms with Crippen LogP contribution in [0.1, 0.15) is 48.5 Å². The highest BCUT2D eigenvalue weighted by atomic mass is 35.5. The van der Waals surface area contributed by atoms with Gasteiger partial charge in [0.25, 0.3) is 5.91 Å². The first-order valence-corrected chi connectivity index (χ1v) is 10.5. The van der Waals surface area contributed by atoms with Gasteiger partial charge < -0.3 is 16.0 Å². The minimum Gasteiger partial charge on any atom is -0.356 e. The number of hydrogen-bond donors (Lipinski definition) is 3. The van der Waals surface area contributed by atoms with Gasteiger partial charge in [0, 0.05) is 11.6 Å². The lowest BCUT2D eigenvalue weighted by molar-refractivity contribution is -0.125. The highest BCUT2D eigenvalue weighted by molar-refractivity contribution is 6.30. The molecule has 3 amide bonds. The number of rotatable bonds is 7. The molecule has 2 aromatic carbocycles. The predicted molar refractivity (Wildman–Crippen MR) is 118 cm³/mol. The van der Waals surface area contributed by atoms with Crippen molar-refractivity contribution in [2.75, 3.05) is 11.9 Å². The first-order chi connectivity index (χ1) is 14.3. The van der Waals surface area contributed by atoms with E-state index in [0.717, 1.165) is 6.42 Å². The second-order valence-electron chi connectivity index (χ2n) is 7.81. The molecule has 6 nitrogen and oxygen atoms in total. The number of fused-ring (bicyclic) bond motifs is 1. The number of carbonyl (C=O) groups excluding carboxylic acids is 3. The van der Waals surface area contributed by atoms with Crippen molar-refractivity contribution in [1.82, 2.24) is 10.6 Å². The van der Waals surface area contributed by atoms with E-state index in [4.69, 9.17) is 11.6 Å². The Labute approximate surface area is 181 Å². The van der Waals surface area contributed by atoms with Gasteiger partial charge >= 0.3 is 0 Å². The Balaban J connectivity index is 1.54. The van der Waals surface area contributed by atoms with Crippen LogP contribution in [0.25, 0.3) is 0 Å². The Kier molecular flexibility index (Phi) is 7.11. The maximum absolute atomic E-state index is 12.4. The van der Waals surface area contributed by atoms with Crippen molar-refractivity contribution in [2.24, 2.45) is 5.92 Å². The largest absolute Gasteiger partial charge is 0.356 e. The molecule has 2 atom stereocenters.